The fourth-order valence-corrected chi connectivity index (χ4v) is 1.38. The fraction of sp³-hybridized carbons (Fsp3) is 0. The van der Waals surface area contributed by atoms with Crippen LogP contribution in [0.4, 0.5) is 0 Å². The molecule has 0 aliphatic heterocycles. The van der Waals surface area contributed by atoms with Crippen LogP contribution in [0.3, 0.4) is 0 Å². The summed E-state index contributed by atoms with van der Waals surface area (Å²) in [7, 11) is 0. The molecule has 2 aromatic rings. The highest BCUT2D eigenvalue weighted by molar-refractivity contribution is 6.31. The lowest BCUT2D eigenvalue weighted by Crippen LogP contribution is -1.71. The third-order valence-corrected chi connectivity index (χ3v) is 2.01. The Morgan fingerprint density at radius 1 is 0.917 bits per heavy atom. The maximum Gasteiger partial charge on any atom is 0.179 e. The molecular formula is C10H6ClO. The van der Waals surface area contributed by atoms with Gasteiger partial charge in [0.2, 0.25) is 0 Å². The second-order valence-electron chi connectivity index (χ2n) is 2.65. The van der Waals surface area contributed by atoms with E-state index in [0.29, 0.717) is 5.02 Å². The molecule has 0 bridgehead atoms. The van der Waals surface area contributed by atoms with E-state index < -0.39 is 0 Å². The van der Waals surface area contributed by atoms with Gasteiger partial charge in [-0.1, -0.05) is 23.7 Å². The van der Waals surface area contributed by atoms with Crippen LogP contribution in [0.25, 0.3) is 10.8 Å². The van der Waals surface area contributed by atoms with Crippen LogP contribution in [0, 0.1) is 0 Å². The van der Waals surface area contributed by atoms with Gasteiger partial charge in [-0.2, -0.15) is 0 Å². The van der Waals surface area contributed by atoms with Gasteiger partial charge in [-0.3, -0.25) is 5.11 Å². The molecule has 0 saturated heterocycles. The molecule has 0 heterocycles. The Morgan fingerprint density at radius 3 is 2.42 bits per heavy atom. The Hall–Kier alpha value is -1.21. The van der Waals surface area contributed by atoms with E-state index in [9.17, 15) is 5.11 Å². The van der Waals surface area contributed by atoms with Crippen LogP contribution in [0.15, 0.2) is 36.4 Å². The minimum absolute atomic E-state index is 0.0322. The maximum absolute atomic E-state index is 10.9. The van der Waals surface area contributed by atoms with Crippen LogP contribution in [0.5, 0.6) is 5.75 Å². The molecule has 0 aliphatic rings. The number of halogens is 1. The first-order chi connectivity index (χ1) is 5.75. The summed E-state index contributed by atoms with van der Waals surface area (Å²) >= 11 is 5.78. The normalized spacial score (nSPS) is 10.4. The number of hydrogen-bond acceptors (Lipinski definition) is 0. The van der Waals surface area contributed by atoms with Crippen LogP contribution < -0.4 is 0 Å². The highest BCUT2D eigenvalue weighted by Gasteiger charge is 1.96. The summed E-state index contributed by atoms with van der Waals surface area (Å²) in [6, 6.07) is 10.4. The molecule has 0 N–H and O–H groups in total. The maximum atomic E-state index is 10.9. The molecule has 0 atom stereocenters. The molecule has 0 fully saturated rings. The number of hydrogen-bond donors (Lipinski definition) is 0. The molecule has 59 valence electrons. The zero-order valence-electron chi connectivity index (χ0n) is 6.25. The molecular weight excluding hydrogens is 172 g/mol. The van der Waals surface area contributed by atoms with Crippen molar-refractivity contribution in [1.29, 1.82) is 0 Å². The van der Waals surface area contributed by atoms with Crippen LogP contribution in [-0.4, -0.2) is 0 Å². The Morgan fingerprint density at radius 2 is 1.58 bits per heavy atom. The van der Waals surface area contributed by atoms with Crippen molar-refractivity contribution in [3.05, 3.63) is 41.4 Å². The average molecular weight is 178 g/mol. The SMILES string of the molecule is [O]c1ccc2cc(Cl)ccc2c1. The fourth-order valence-electron chi connectivity index (χ4n) is 1.19. The van der Waals surface area contributed by atoms with Crippen molar-refractivity contribution in [3.8, 4) is 5.75 Å². The van der Waals surface area contributed by atoms with Gasteiger partial charge in [0.05, 0.1) is 0 Å². The lowest BCUT2D eigenvalue weighted by atomic mass is 10.1. The summed E-state index contributed by atoms with van der Waals surface area (Å²) in [5.74, 6) is 0.0322. The van der Waals surface area contributed by atoms with E-state index in [2.05, 4.69) is 0 Å². The lowest BCUT2D eigenvalue weighted by Gasteiger charge is -1.96. The number of rotatable bonds is 0. The molecule has 0 unspecified atom stereocenters. The highest BCUT2D eigenvalue weighted by Crippen LogP contribution is 2.22. The quantitative estimate of drug-likeness (QED) is 0.586. The third kappa shape index (κ3) is 1.23. The van der Waals surface area contributed by atoms with E-state index in [-0.39, 0.29) is 5.75 Å². The van der Waals surface area contributed by atoms with Gasteiger partial charge in [-0.25, -0.2) is 0 Å². The van der Waals surface area contributed by atoms with E-state index >= 15 is 0 Å². The molecule has 12 heavy (non-hydrogen) atoms. The highest BCUT2D eigenvalue weighted by atomic mass is 35.5. The van der Waals surface area contributed by atoms with Crippen LogP contribution in [0.1, 0.15) is 0 Å². The van der Waals surface area contributed by atoms with Gasteiger partial charge >= 0.3 is 0 Å². The Balaban J connectivity index is 2.79. The van der Waals surface area contributed by atoms with Crippen LogP contribution in [-0.2, 0) is 5.11 Å². The summed E-state index contributed by atoms with van der Waals surface area (Å²) in [6.45, 7) is 0. The summed E-state index contributed by atoms with van der Waals surface area (Å²) < 4.78 is 0. The van der Waals surface area contributed by atoms with Crippen LogP contribution in [0.2, 0.25) is 5.02 Å². The molecule has 2 aromatic carbocycles. The monoisotopic (exact) mass is 177 g/mol. The first-order valence-corrected chi connectivity index (χ1v) is 4.00. The van der Waals surface area contributed by atoms with Crippen molar-refractivity contribution in [1.82, 2.24) is 0 Å². The van der Waals surface area contributed by atoms with E-state index in [1.165, 1.54) is 0 Å². The van der Waals surface area contributed by atoms with Crippen molar-refractivity contribution < 1.29 is 5.11 Å². The molecule has 0 aromatic heterocycles. The molecule has 0 spiro atoms. The minimum atomic E-state index is 0.0322. The molecule has 1 radical (unpaired) electrons. The minimum Gasteiger partial charge on any atom is -0.290 e. The topological polar surface area (TPSA) is 19.9 Å². The second kappa shape index (κ2) is 2.68. The van der Waals surface area contributed by atoms with E-state index in [1.807, 2.05) is 12.1 Å². The molecule has 0 saturated carbocycles. The predicted octanol–water partition coefficient (Wildman–Crippen LogP) is 3.64. The van der Waals surface area contributed by atoms with E-state index in [4.69, 9.17) is 11.6 Å². The predicted molar refractivity (Wildman–Crippen MR) is 49.1 cm³/mol. The smallest absolute Gasteiger partial charge is 0.179 e. The average Bonchev–Trinajstić information content (AvgIpc) is 2.05. The Bertz CT molecular complexity index is 382. The largest absolute Gasteiger partial charge is 0.290 e. The zero-order chi connectivity index (χ0) is 8.55. The Kier molecular flexibility index (Phi) is 1.66. The molecule has 2 rings (SSSR count). The zero-order valence-corrected chi connectivity index (χ0v) is 7.01. The van der Waals surface area contributed by atoms with Gasteiger partial charge in [-0.15, -0.1) is 0 Å². The van der Waals surface area contributed by atoms with E-state index in [1.54, 1.807) is 24.3 Å². The summed E-state index contributed by atoms with van der Waals surface area (Å²) in [4.78, 5) is 0. The molecule has 0 aliphatic carbocycles. The lowest BCUT2D eigenvalue weighted by molar-refractivity contribution is 0.355. The van der Waals surface area contributed by atoms with Gasteiger partial charge in [0.15, 0.2) is 5.75 Å². The van der Waals surface area contributed by atoms with Gasteiger partial charge in [0, 0.05) is 5.02 Å². The summed E-state index contributed by atoms with van der Waals surface area (Å²) in [5, 5.41) is 13.6. The van der Waals surface area contributed by atoms with Gasteiger partial charge in [0.1, 0.15) is 0 Å². The molecule has 0 amide bonds. The van der Waals surface area contributed by atoms with Crippen molar-refractivity contribution in [3.63, 3.8) is 0 Å². The van der Waals surface area contributed by atoms with Gasteiger partial charge < -0.3 is 0 Å². The van der Waals surface area contributed by atoms with Gasteiger partial charge in [0.25, 0.3) is 0 Å². The van der Waals surface area contributed by atoms with Crippen LogP contribution >= 0.6 is 11.6 Å². The Labute approximate surface area is 75.2 Å². The van der Waals surface area contributed by atoms with Crippen molar-refractivity contribution >= 4 is 22.4 Å². The van der Waals surface area contributed by atoms with Gasteiger partial charge in [-0.05, 0) is 35.0 Å². The first kappa shape index (κ1) is 7.44. The number of benzene rings is 2. The summed E-state index contributed by atoms with van der Waals surface area (Å²) in [5.41, 5.74) is 0. The number of fused-ring (bicyclic) bond motifs is 1. The first-order valence-electron chi connectivity index (χ1n) is 3.62. The van der Waals surface area contributed by atoms with Crippen molar-refractivity contribution in [2.75, 3.05) is 0 Å². The van der Waals surface area contributed by atoms with E-state index in [0.717, 1.165) is 10.8 Å². The van der Waals surface area contributed by atoms with Crippen molar-refractivity contribution in [2.45, 2.75) is 0 Å². The molecule has 1 nitrogen and oxygen atoms in total. The second-order valence-corrected chi connectivity index (χ2v) is 3.09. The third-order valence-electron chi connectivity index (χ3n) is 1.77. The summed E-state index contributed by atoms with van der Waals surface area (Å²) in [6.07, 6.45) is 0. The standard InChI is InChI=1S/C10H6ClO/c11-9-3-1-8-6-10(12)4-2-7(8)5-9/h1-6H. The molecule has 2 heteroatoms. The van der Waals surface area contributed by atoms with Crippen molar-refractivity contribution in [2.24, 2.45) is 0 Å².